The largest absolute Gasteiger partial charge is 0.318 e. The van der Waals surface area contributed by atoms with Gasteiger partial charge >= 0.3 is 5.69 Å². The molecule has 0 fully saturated rings. The first-order valence-corrected chi connectivity index (χ1v) is 3.01. The normalized spacial score (nSPS) is 9.00. The Hall–Kier alpha value is -1.96. The van der Waals surface area contributed by atoms with Crippen LogP contribution < -0.4 is 0 Å². The average molecular weight is 167 g/mol. The van der Waals surface area contributed by atoms with Crippen molar-refractivity contribution in [1.29, 1.82) is 5.26 Å². The Morgan fingerprint density at radius 2 is 2.25 bits per heavy atom. The summed E-state index contributed by atoms with van der Waals surface area (Å²) >= 11 is 0. The lowest BCUT2D eigenvalue weighted by molar-refractivity contribution is -0.729. The van der Waals surface area contributed by atoms with E-state index in [9.17, 15) is 9.30 Å². The molecule has 0 heterocycles. The molecule has 0 aromatic heterocycles. The van der Waals surface area contributed by atoms with Crippen molar-refractivity contribution < 1.29 is 14.5 Å². The molecular weight excluding hydrogens is 163 g/mol. The van der Waals surface area contributed by atoms with Crippen LogP contribution in [0.15, 0.2) is 18.2 Å². The molecule has 0 atom stereocenters. The lowest BCUT2D eigenvalue weighted by Crippen LogP contribution is -1.93. The molecule has 0 radical (unpaired) electrons. The van der Waals surface area contributed by atoms with Crippen LogP contribution in [0.5, 0.6) is 0 Å². The van der Waals surface area contributed by atoms with E-state index in [0.29, 0.717) is 0 Å². The fourth-order valence-electron chi connectivity index (χ4n) is 0.718. The summed E-state index contributed by atoms with van der Waals surface area (Å²) in [4.78, 5) is 9.83. The van der Waals surface area contributed by atoms with E-state index in [1.807, 2.05) is 0 Å². The van der Waals surface area contributed by atoms with Crippen LogP contribution in [0.1, 0.15) is 5.56 Å². The fraction of sp³-hybridized carbons (Fsp3) is 0. The minimum absolute atomic E-state index is 0.173. The molecular formula is C7H4FN2O2+. The van der Waals surface area contributed by atoms with E-state index in [1.165, 1.54) is 6.07 Å². The molecule has 4 nitrogen and oxygen atoms in total. The van der Waals surface area contributed by atoms with Gasteiger partial charge in [0, 0.05) is 12.1 Å². The van der Waals surface area contributed by atoms with Gasteiger partial charge in [0.1, 0.15) is 11.9 Å². The first-order chi connectivity index (χ1) is 5.65. The second kappa shape index (κ2) is 2.96. The molecule has 1 aromatic rings. The molecule has 0 aliphatic rings. The van der Waals surface area contributed by atoms with Crippen LogP contribution in [0.3, 0.4) is 0 Å². The Bertz CT molecular complexity index is 370. The maximum Gasteiger partial charge on any atom is 0.318 e. The van der Waals surface area contributed by atoms with Gasteiger partial charge in [-0.05, 0) is 6.07 Å². The van der Waals surface area contributed by atoms with Crippen molar-refractivity contribution in [2.75, 3.05) is 0 Å². The molecule has 5 heteroatoms. The summed E-state index contributed by atoms with van der Waals surface area (Å²) in [5, 5.41) is 16.7. The van der Waals surface area contributed by atoms with Crippen LogP contribution >= 0.6 is 0 Å². The molecule has 0 aliphatic heterocycles. The van der Waals surface area contributed by atoms with Crippen molar-refractivity contribution in [2.45, 2.75) is 0 Å². The first-order valence-electron chi connectivity index (χ1n) is 3.01. The third-order valence-electron chi connectivity index (χ3n) is 1.29. The Morgan fingerprint density at radius 3 is 2.75 bits per heavy atom. The average Bonchev–Trinajstić information content (AvgIpc) is 2.05. The van der Waals surface area contributed by atoms with Crippen LogP contribution in [0.2, 0.25) is 0 Å². The van der Waals surface area contributed by atoms with E-state index >= 15 is 0 Å². The molecule has 1 rings (SSSR count). The van der Waals surface area contributed by atoms with Crippen molar-refractivity contribution in [3.63, 3.8) is 0 Å². The zero-order valence-corrected chi connectivity index (χ0v) is 5.86. The summed E-state index contributed by atoms with van der Waals surface area (Å²) < 4.78 is 12.6. The van der Waals surface area contributed by atoms with Crippen LogP contribution in [-0.4, -0.2) is 10.1 Å². The van der Waals surface area contributed by atoms with Gasteiger partial charge in [-0.1, -0.05) is 0 Å². The van der Waals surface area contributed by atoms with Crippen molar-refractivity contribution >= 4 is 5.69 Å². The SMILES string of the molecule is N#Cc1cc([N+](=O)O)ccc1F. The van der Waals surface area contributed by atoms with E-state index in [2.05, 4.69) is 0 Å². The van der Waals surface area contributed by atoms with Gasteiger partial charge < -0.3 is 0 Å². The Labute approximate surface area is 67.0 Å². The minimum Gasteiger partial charge on any atom is -0.241 e. The maximum atomic E-state index is 12.6. The highest BCUT2D eigenvalue weighted by atomic mass is 19.1. The molecule has 60 valence electrons. The first kappa shape index (κ1) is 8.14. The molecule has 0 aliphatic carbocycles. The highest BCUT2D eigenvalue weighted by molar-refractivity contribution is 5.40. The number of nitriles is 1. The van der Waals surface area contributed by atoms with E-state index in [1.54, 1.807) is 0 Å². The number of benzene rings is 1. The molecule has 0 bridgehead atoms. The predicted molar refractivity (Wildman–Crippen MR) is 36.2 cm³/mol. The number of hydrogen-bond donors (Lipinski definition) is 1. The lowest BCUT2D eigenvalue weighted by Gasteiger charge is -1.89. The summed E-state index contributed by atoms with van der Waals surface area (Å²) in [6, 6.07) is 4.51. The molecule has 1 N–H and O–H groups in total. The highest BCUT2D eigenvalue weighted by Crippen LogP contribution is 2.14. The molecule has 0 saturated carbocycles. The third-order valence-corrected chi connectivity index (χ3v) is 1.29. The quantitative estimate of drug-likeness (QED) is 0.644. The minimum atomic E-state index is -0.719. The van der Waals surface area contributed by atoms with Gasteiger partial charge in [-0.3, -0.25) is 0 Å². The predicted octanol–water partition coefficient (Wildman–Crippen LogP) is 1.50. The van der Waals surface area contributed by atoms with Gasteiger partial charge in [0.25, 0.3) is 4.92 Å². The van der Waals surface area contributed by atoms with E-state index < -0.39 is 10.7 Å². The summed E-state index contributed by atoms with van der Waals surface area (Å²) in [6.45, 7) is 0. The topological polar surface area (TPSA) is 64.1 Å². The molecule has 1 aromatic carbocycles. The van der Waals surface area contributed by atoms with E-state index in [-0.39, 0.29) is 11.3 Å². The smallest absolute Gasteiger partial charge is 0.241 e. The Balaban J connectivity index is 3.25. The van der Waals surface area contributed by atoms with Gasteiger partial charge in [-0.15, -0.1) is 0 Å². The van der Waals surface area contributed by atoms with E-state index in [0.717, 1.165) is 18.2 Å². The van der Waals surface area contributed by atoms with Crippen LogP contribution in [0.25, 0.3) is 0 Å². The monoisotopic (exact) mass is 167 g/mol. The van der Waals surface area contributed by atoms with Crippen LogP contribution in [-0.2, 0) is 0 Å². The molecule has 0 spiro atoms. The maximum absolute atomic E-state index is 12.6. The van der Waals surface area contributed by atoms with Crippen LogP contribution in [0.4, 0.5) is 10.1 Å². The summed E-state index contributed by atoms with van der Waals surface area (Å²) in [5.41, 5.74) is -0.449. The molecule has 0 unspecified atom stereocenters. The Kier molecular flexibility index (Phi) is 2.01. The van der Waals surface area contributed by atoms with Crippen molar-refractivity contribution in [1.82, 2.24) is 0 Å². The van der Waals surface area contributed by atoms with Gasteiger partial charge in [-0.2, -0.15) is 5.26 Å². The molecule has 0 amide bonds. The van der Waals surface area contributed by atoms with Crippen LogP contribution in [0, 0.1) is 22.1 Å². The van der Waals surface area contributed by atoms with E-state index in [4.69, 9.17) is 10.5 Å². The molecule has 0 saturated heterocycles. The molecule has 12 heavy (non-hydrogen) atoms. The number of nitrogens with zero attached hydrogens (tertiary/aromatic N) is 2. The van der Waals surface area contributed by atoms with Crippen molar-refractivity contribution in [2.24, 2.45) is 0 Å². The van der Waals surface area contributed by atoms with Gasteiger partial charge in [0.2, 0.25) is 0 Å². The van der Waals surface area contributed by atoms with Crippen molar-refractivity contribution in [3.8, 4) is 6.07 Å². The number of rotatable bonds is 1. The second-order valence-electron chi connectivity index (χ2n) is 2.05. The zero-order chi connectivity index (χ0) is 9.14. The highest BCUT2D eigenvalue weighted by Gasteiger charge is 2.14. The number of hydrogen-bond acceptors (Lipinski definition) is 2. The zero-order valence-electron chi connectivity index (χ0n) is 5.86. The standard InChI is InChI=1S/C7H4FN2O2/c8-7-2-1-6(10(11)12)3-5(7)4-9/h1-3H,(H,11,12)/q+1. The number of halogens is 1. The second-order valence-corrected chi connectivity index (χ2v) is 2.05. The lowest BCUT2D eigenvalue weighted by atomic mass is 10.2. The van der Waals surface area contributed by atoms with Crippen molar-refractivity contribution in [3.05, 3.63) is 34.5 Å². The van der Waals surface area contributed by atoms with Gasteiger partial charge in [0.15, 0.2) is 0 Å². The summed E-state index contributed by atoms with van der Waals surface area (Å²) in [5.74, 6) is -0.719. The third kappa shape index (κ3) is 1.37. The fourth-order valence-corrected chi connectivity index (χ4v) is 0.718. The Morgan fingerprint density at radius 1 is 1.58 bits per heavy atom. The summed E-state index contributed by atoms with van der Waals surface area (Å²) in [6.07, 6.45) is 0. The summed E-state index contributed by atoms with van der Waals surface area (Å²) in [7, 11) is 0. The van der Waals surface area contributed by atoms with Gasteiger partial charge in [-0.25, -0.2) is 9.60 Å². The van der Waals surface area contributed by atoms with Gasteiger partial charge in [0.05, 0.1) is 10.5 Å².